The zero-order valence-electron chi connectivity index (χ0n) is 10.0. The van der Waals surface area contributed by atoms with E-state index in [1.54, 1.807) is 12.1 Å². The second-order valence-electron chi connectivity index (χ2n) is 3.71. The summed E-state index contributed by atoms with van der Waals surface area (Å²) >= 11 is 0. The molecule has 0 unspecified atom stereocenters. The molecule has 1 N–H and O–H groups in total. The number of ether oxygens (including phenoxy) is 1. The molecule has 0 aliphatic carbocycles. The number of nitrogens with zero attached hydrogens (tertiary/aromatic N) is 1. The van der Waals surface area contributed by atoms with Gasteiger partial charge in [-0.1, -0.05) is 19.1 Å². The summed E-state index contributed by atoms with van der Waals surface area (Å²) in [5.41, 5.74) is 1.16. The van der Waals surface area contributed by atoms with Gasteiger partial charge in [-0.15, -0.1) is 0 Å². The molecule has 0 saturated carbocycles. The van der Waals surface area contributed by atoms with Gasteiger partial charge < -0.3 is 10.1 Å². The second-order valence-corrected chi connectivity index (χ2v) is 3.71. The Hall–Kier alpha value is -1.46. The maximum Gasteiger partial charge on any atom is 0.269 e. The standard InChI is InChI=1S/C12H18N2O3/c1-2-8-17-9-7-13-10-11-3-5-12(6-4-11)14(15)16/h3-6,13H,2,7-10H2,1H3. The minimum Gasteiger partial charge on any atom is -0.380 e. The number of nitrogens with one attached hydrogen (secondary N) is 1. The van der Waals surface area contributed by atoms with Gasteiger partial charge >= 0.3 is 0 Å². The zero-order valence-corrected chi connectivity index (χ0v) is 10.0. The Balaban J connectivity index is 2.21. The van der Waals surface area contributed by atoms with Gasteiger partial charge in [0.1, 0.15) is 0 Å². The molecule has 0 saturated heterocycles. The molecule has 0 aromatic heterocycles. The summed E-state index contributed by atoms with van der Waals surface area (Å²) in [5, 5.41) is 13.7. The van der Waals surface area contributed by atoms with Crippen molar-refractivity contribution in [3.05, 3.63) is 39.9 Å². The molecule has 5 heteroatoms. The van der Waals surface area contributed by atoms with Gasteiger partial charge in [0.15, 0.2) is 0 Å². The van der Waals surface area contributed by atoms with E-state index in [1.807, 2.05) is 0 Å². The van der Waals surface area contributed by atoms with Gasteiger partial charge in [-0.25, -0.2) is 0 Å². The van der Waals surface area contributed by atoms with Crippen LogP contribution in [0.3, 0.4) is 0 Å². The fourth-order valence-electron chi connectivity index (χ4n) is 1.36. The summed E-state index contributed by atoms with van der Waals surface area (Å²) in [7, 11) is 0. The van der Waals surface area contributed by atoms with Crippen LogP contribution in [-0.4, -0.2) is 24.7 Å². The topological polar surface area (TPSA) is 64.4 Å². The van der Waals surface area contributed by atoms with Gasteiger partial charge in [0, 0.05) is 31.8 Å². The van der Waals surface area contributed by atoms with Crippen LogP contribution in [0.25, 0.3) is 0 Å². The third-order valence-electron chi connectivity index (χ3n) is 2.25. The van der Waals surface area contributed by atoms with Gasteiger partial charge in [-0.3, -0.25) is 10.1 Å². The summed E-state index contributed by atoms with van der Waals surface area (Å²) in [4.78, 5) is 10.1. The van der Waals surface area contributed by atoms with Gasteiger partial charge in [0.05, 0.1) is 11.5 Å². The van der Waals surface area contributed by atoms with Gasteiger partial charge in [0.25, 0.3) is 5.69 Å². The van der Waals surface area contributed by atoms with Crippen molar-refractivity contribution in [2.75, 3.05) is 19.8 Å². The predicted molar refractivity (Wildman–Crippen MR) is 65.9 cm³/mol. The van der Waals surface area contributed by atoms with E-state index in [-0.39, 0.29) is 5.69 Å². The summed E-state index contributed by atoms with van der Waals surface area (Å²) in [5.74, 6) is 0. The molecule has 0 radical (unpaired) electrons. The number of non-ortho nitro benzene ring substituents is 1. The molecule has 5 nitrogen and oxygen atoms in total. The molecule has 0 amide bonds. The van der Waals surface area contributed by atoms with Crippen LogP contribution >= 0.6 is 0 Å². The highest BCUT2D eigenvalue weighted by molar-refractivity contribution is 5.32. The lowest BCUT2D eigenvalue weighted by Gasteiger charge is -2.05. The number of benzene rings is 1. The third kappa shape index (κ3) is 5.42. The largest absolute Gasteiger partial charge is 0.380 e. The SMILES string of the molecule is CCCOCCNCc1ccc([N+](=O)[O-])cc1. The van der Waals surface area contributed by atoms with Crippen LogP contribution in [0.15, 0.2) is 24.3 Å². The molecule has 0 aliphatic rings. The average molecular weight is 238 g/mol. The first-order valence-corrected chi connectivity index (χ1v) is 5.76. The zero-order chi connectivity index (χ0) is 12.5. The van der Waals surface area contributed by atoms with Crippen molar-refractivity contribution in [2.24, 2.45) is 0 Å². The quantitative estimate of drug-likeness (QED) is 0.428. The number of hydrogen-bond donors (Lipinski definition) is 1. The van der Waals surface area contributed by atoms with Crippen molar-refractivity contribution in [3.63, 3.8) is 0 Å². The van der Waals surface area contributed by atoms with Crippen molar-refractivity contribution in [1.29, 1.82) is 0 Å². The van der Waals surface area contributed by atoms with E-state index < -0.39 is 4.92 Å². The highest BCUT2D eigenvalue weighted by Gasteiger charge is 2.03. The molecule has 0 atom stereocenters. The lowest BCUT2D eigenvalue weighted by molar-refractivity contribution is -0.384. The van der Waals surface area contributed by atoms with Gasteiger partial charge in [0.2, 0.25) is 0 Å². The Labute approximate surface area is 101 Å². The molecule has 0 fully saturated rings. The number of rotatable bonds is 8. The Bertz CT molecular complexity index is 338. The number of hydrogen-bond acceptors (Lipinski definition) is 4. The molecule has 17 heavy (non-hydrogen) atoms. The average Bonchev–Trinajstić information content (AvgIpc) is 2.34. The van der Waals surface area contributed by atoms with Crippen LogP contribution in [0.1, 0.15) is 18.9 Å². The molecule has 94 valence electrons. The maximum atomic E-state index is 10.4. The van der Waals surface area contributed by atoms with Crippen LogP contribution in [0.4, 0.5) is 5.69 Å². The normalized spacial score (nSPS) is 10.4. The van der Waals surface area contributed by atoms with E-state index in [0.717, 1.165) is 25.1 Å². The monoisotopic (exact) mass is 238 g/mol. The van der Waals surface area contributed by atoms with Crippen LogP contribution in [0.2, 0.25) is 0 Å². The molecular formula is C12H18N2O3. The molecule has 1 aromatic carbocycles. The molecular weight excluding hydrogens is 220 g/mol. The van der Waals surface area contributed by atoms with Crippen LogP contribution in [0.5, 0.6) is 0 Å². The molecule has 0 heterocycles. The van der Waals surface area contributed by atoms with Crippen molar-refractivity contribution in [1.82, 2.24) is 5.32 Å². The molecule has 0 bridgehead atoms. The van der Waals surface area contributed by atoms with E-state index >= 15 is 0 Å². The second kappa shape index (κ2) is 7.76. The van der Waals surface area contributed by atoms with Crippen LogP contribution in [0, 0.1) is 10.1 Å². The third-order valence-corrected chi connectivity index (χ3v) is 2.25. The number of nitro groups is 1. The first-order chi connectivity index (χ1) is 8.24. The highest BCUT2D eigenvalue weighted by atomic mass is 16.6. The van der Waals surface area contributed by atoms with E-state index in [9.17, 15) is 10.1 Å². The minimum atomic E-state index is -0.393. The lowest BCUT2D eigenvalue weighted by atomic mass is 10.2. The lowest BCUT2D eigenvalue weighted by Crippen LogP contribution is -2.19. The van der Waals surface area contributed by atoms with Gasteiger partial charge in [-0.2, -0.15) is 0 Å². The Morgan fingerprint density at radius 3 is 2.59 bits per heavy atom. The Kier molecular flexibility index (Phi) is 6.21. The first-order valence-electron chi connectivity index (χ1n) is 5.76. The Morgan fingerprint density at radius 2 is 2.00 bits per heavy atom. The van der Waals surface area contributed by atoms with Crippen molar-refractivity contribution in [3.8, 4) is 0 Å². The van der Waals surface area contributed by atoms with E-state index in [1.165, 1.54) is 12.1 Å². The van der Waals surface area contributed by atoms with E-state index in [0.29, 0.717) is 13.2 Å². The summed E-state index contributed by atoms with van der Waals surface area (Å²) in [6.45, 7) is 5.05. The summed E-state index contributed by atoms with van der Waals surface area (Å²) in [6.07, 6.45) is 1.03. The van der Waals surface area contributed by atoms with Crippen molar-refractivity contribution >= 4 is 5.69 Å². The summed E-state index contributed by atoms with van der Waals surface area (Å²) < 4.78 is 5.32. The molecule has 1 rings (SSSR count). The van der Waals surface area contributed by atoms with Crippen molar-refractivity contribution < 1.29 is 9.66 Å². The molecule has 0 spiro atoms. The molecule has 1 aromatic rings. The highest BCUT2D eigenvalue weighted by Crippen LogP contribution is 2.11. The predicted octanol–water partition coefficient (Wildman–Crippen LogP) is 2.11. The fraction of sp³-hybridized carbons (Fsp3) is 0.500. The van der Waals surface area contributed by atoms with Gasteiger partial charge in [-0.05, 0) is 12.0 Å². The molecule has 0 aliphatic heterocycles. The maximum absolute atomic E-state index is 10.4. The minimum absolute atomic E-state index is 0.125. The van der Waals surface area contributed by atoms with E-state index in [4.69, 9.17) is 4.74 Å². The number of nitro benzene ring substituents is 1. The van der Waals surface area contributed by atoms with E-state index in [2.05, 4.69) is 12.2 Å². The first kappa shape index (κ1) is 13.6. The smallest absolute Gasteiger partial charge is 0.269 e. The van der Waals surface area contributed by atoms with Crippen molar-refractivity contribution in [2.45, 2.75) is 19.9 Å². The fourth-order valence-corrected chi connectivity index (χ4v) is 1.36. The van der Waals surface area contributed by atoms with Crippen LogP contribution in [-0.2, 0) is 11.3 Å². The van der Waals surface area contributed by atoms with Crippen LogP contribution < -0.4 is 5.32 Å². The summed E-state index contributed by atoms with van der Waals surface area (Å²) in [6, 6.07) is 6.56. The Morgan fingerprint density at radius 1 is 1.29 bits per heavy atom.